The third-order valence-corrected chi connectivity index (χ3v) is 2.43. The molecule has 4 N–H and O–H groups in total. The fourth-order valence-electron chi connectivity index (χ4n) is 1.51. The second-order valence-corrected chi connectivity index (χ2v) is 3.83. The highest BCUT2D eigenvalue weighted by Crippen LogP contribution is 2.11. The van der Waals surface area contributed by atoms with Crippen LogP contribution in [-0.2, 0) is 4.79 Å². The molecule has 0 aliphatic carbocycles. The van der Waals surface area contributed by atoms with Gasteiger partial charge in [-0.05, 0) is 20.3 Å². The van der Waals surface area contributed by atoms with Crippen LogP contribution in [0.25, 0.3) is 0 Å². The molecule has 0 rings (SSSR count). The first-order valence-corrected chi connectivity index (χ1v) is 5.38. The van der Waals surface area contributed by atoms with Crippen LogP contribution in [-0.4, -0.2) is 46.1 Å². The molecule has 0 aromatic heterocycles. The van der Waals surface area contributed by atoms with E-state index in [1.165, 1.54) is 4.90 Å². The first kappa shape index (κ1) is 14.7. The van der Waals surface area contributed by atoms with Crippen molar-refractivity contribution in [3.63, 3.8) is 0 Å². The first-order valence-electron chi connectivity index (χ1n) is 5.38. The molecular formula is C10H21N3O3. The van der Waals surface area contributed by atoms with Gasteiger partial charge in [0.1, 0.15) is 0 Å². The molecule has 1 unspecified atom stereocenters. The van der Waals surface area contributed by atoms with Gasteiger partial charge in [-0.25, -0.2) is 0 Å². The molecule has 0 aromatic carbocycles. The molecule has 6 nitrogen and oxygen atoms in total. The van der Waals surface area contributed by atoms with Crippen molar-refractivity contribution in [1.82, 2.24) is 4.90 Å². The van der Waals surface area contributed by atoms with Crippen LogP contribution in [0.2, 0.25) is 0 Å². The van der Waals surface area contributed by atoms with Gasteiger partial charge < -0.3 is 20.9 Å². The summed E-state index contributed by atoms with van der Waals surface area (Å²) < 4.78 is 0. The molecule has 0 spiro atoms. The number of oxime groups is 1. The predicted octanol–water partition coefficient (Wildman–Crippen LogP) is -0.0117. The van der Waals surface area contributed by atoms with Gasteiger partial charge in [0, 0.05) is 12.6 Å². The molecule has 6 heteroatoms. The van der Waals surface area contributed by atoms with E-state index < -0.39 is 5.92 Å². The third-order valence-electron chi connectivity index (χ3n) is 2.43. The Morgan fingerprint density at radius 2 is 2.06 bits per heavy atom. The van der Waals surface area contributed by atoms with E-state index in [-0.39, 0.29) is 30.9 Å². The van der Waals surface area contributed by atoms with Gasteiger partial charge >= 0.3 is 0 Å². The Labute approximate surface area is 95.7 Å². The van der Waals surface area contributed by atoms with Crippen LogP contribution >= 0.6 is 0 Å². The molecule has 0 heterocycles. The lowest BCUT2D eigenvalue weighted by Crippen LogP contribution is -2.46. The summed E-state index contributed by atoms with van der Waals surface area (Å²) in [6.45, 7) is 5.65. The minimum atomic E-state index is -0.626. The summed E-state index contributed by atoms with van der Waals surface area (Å²) in [4.78, 5) is 13.6. The maximum absolute atomic E-state index is 12.0. The van der Waals surface area contributed by atoms with Crippen molar-refractivity contribution in [3.05, 3.63) is 0 Å². The van der Waals surface area contributed by atoms with Crippen LogP contribution in [0.3, 0.4) is 0 Å². The molecule has 1 atom stereocenters. The van der Waals surface area contributed by atoms with Gasteiger partial charge in [-0.3, -0.25) is 4.79 Å². The molecule has 0 radical (unpaired) electrons. The molecule has 1 amide bonds. The van der Waals surface area contributed by atoms with Gasteiger partial charge in [-0.15, -0.1) is 0 Å². The number of amidine groups is 1. The zero-order valence-corrected chi connectivity index (χ0v) is 10.1. The van der Waals surface area contributed by atoms with E-state index >= 15 is 0 Å². The van der Waals surface area contributed by atoms with E-state index in [1.54, 1.807) is 6.92 Å². The largest absolute Gasteiger partial charge is 0.409 e. The Hall–Kier alpha value is -1.30. The third kappa shape index (κ3) is 3.69. The van der Waals surface area contributed by atoms with Gasteiger partial charge in [0.05, 0.1) is 12.5 Å². The zero-order chi connectivity index (χ0) is 12.7. The van der Waals surface area contributed by atoms with E-state index in [2.05, 4.69) is 5.16 Å². The summed E-state index contributed by atoms with van der Waals surface area (Å²) in [6, 6.07) is -0.0276. The number of nitrogens with zero attached hydrogens (tertiary/aromatic N) is 2. The smallest absolute Gasteiger partial charge is 0.233 e. The second-order valence-electron chi connectivity index (χ2n) is 3.83. The van der Waals surface area contributed by atoms with Gasteiger partial charge in [-0.1, -0.05) is 12.1 Å². The SMILES string of the molecule is CCC(C(=O)N(CCO)C(C)C)C(N)=NO. The lowest BCUT2D eigenvalue weighted by Gasteiger charge is -2.29. The molecule has 0 bridgehead atoms. The average Bonchev–Trinajstić information content (AvgIpc) is 2.25. The number of rotatable bonds is 6. The minimum absolute atomic E-state index is 0.0276. The van der Waals surface area contributed by atoms with E-state index in [0.717, 1.165) is 0 Å². The molecule has 94 valence electrons. The molecule has 0 aliphatic heterocycles. The second kappa shape index (κ2) is 7.05. The molecule has 0 aromatic rings. The van der Waals surface area contributed by atoms with Crippen LogP contribution in [0.15, 0.2) is 5.16 Å². The van der Waals surface area contributed by atoms with Crippen LogP contribution in [0.4, 0.5) is 0 Å². The molecule has 0 fully saturated rings. The van der Waals surface area contributed by atoms with Gasteiger partial charge in [0.15, 0.2) is 5.84 Å². The number of hydrogen-bond acceptors (Lipinski definition) is 4. The zero-order valence-electron chi connectivity index (χ0n) is 10.1. The summed E-state index contributed by atoms with van der Waals surface area (Å²) in [5.74, 6) is -0.933. The summed E-state index contributed by atoms with van der Waals surface area (Å²) in [5, 5.41) is 20.3. The fourth-order valence-corrected chi connectivity index (χ4v) is 1.51. The van der Waals surface area contributed by atoms with Gasteiger partial charge in [-0.2, -0.15) is 0 Å². The highest BCUT2D eigenvalue weighted by molar-refractivity contribution is 6.02. The number of carbonyl (C=O) groups is 1. The van der Waals surface area contributed by atoms with Gasteiger partial charge in [0.25, 0.3) is 0 Å². The topological polar surface area (TPSA) is 99.2 Å². The van der Waals surface area contributed by atoms with E-state index in [9.17, 15) is 4.79 Å². The highest BCUT2D eigenvalue weighted by atomic mass is 16.4. The number of aliphatic hydroxyl groups excluding tert-OH is 1. The molecule has 0 aliphatic rings. The number of aliphatic hydroxyl groups is 1. The maximum atomic E-state index is 12.0. The Bertz CT molecular complexity index is 254. The Morgan fingerprint density at radius 1 is 1.50 bits per heavy atom. The minimum Gasteiger partial charge on any atom is -0.409 e. The van der Waals surface area contributed by atoms with Crippen molar-refractivity contribution >= 4 is 11.7 Å². The van der Waals surface area contributed by atoms with Gasteiger partial charge in [0.2, 0.25) is 5.91 Å². The Kier molecular flexibility index (Phi) is 6.48. The molecular weight excluding hydrogens is 210 g/mol. The van der Waals surface area contributed by atoms with Crippen LogP contribution < -0.4 is 5.73 Å². The van der Waals surface area contributed by atoms with Crippen molar-refractivity contribution in [3.8, 4) is 0 Å². The Morgan fingerprint density at radius 3 is 2.38 bits per heavy atom. The maximum Gasteiger partial charge on any atom is 0.233 e. The van der Waals surface area contributed by atoms with E-state index in [4.69, 9.17) is 16.0 Å². The summed E-state index contributed by atoms with van der Waals surface area (Å²) >= 11 is 0. The average molecular weight is 231 g/mol. The molecule has 16 heavy (non-hydrogen) atoms. The van der Waals surface area contributed by atoms with Crippen molar-refractivity contribution in [1.29, 1.82) is 0 Å². The van der Waals surface area contributed by atoms with Crippen molar-refractivity contribution in [2.24, 2.45) is 16.8 Å². The van der Waals surface area contributed by atoms with Crippen molar-refractivity contribution in [2.45, 2.75) is 33.2 Å². The van der Waals surface area contributed by atoms with Crippen molar-refractivity contribution in [2.75, 3.05) is 13.2 Å². The predicted molar refractivity (Wildman–Crippen MR) is 61.1 cm³/mol. The normalized spacial score (nSPS) is 13.9. The monoisotopic (exact) mass is 231 g/mol. The van der Waals surface area contributed by atoms with Crippen molar-refractivity contribution < 1.29 is 15.1 Å². The number of amides is 1. The summed E-state index contributed by atoms with van der Waals surface area (Å²) in [6.07, 6.45) is 0.462. The molecule has 0 saturated carbocycles. The number of nitrogens with two attached hydrogens (primary N) is 1. The Balaban J connectivity index is 4.82. The standard InChI is InChI=1S/C10H21N3O3/c1-4-8(9(11)12-16)10(15)13(5-6-14)7(2)3/h7-8,14,16H,4-6H2,1-3H3,(H2,11,12). The van der Waals surface area contributed by atoms with Crippen LogP contribution in [0.1, 0.15) is 27.2 Å². The lowest BCUT2D eigenvalue weighted by atomic mass is 10.0. The van der Waals surface area contributed by atoms with Crippen LogP contribution in [0.5, 0.6) is 0 Å². The lowest BCUT2D eigenvalue weighted by molar-refractivity contribution is -0.135. The number of hydrogen-bond donors (Lipinski definition) is 3. The van der Waals surface area contributed by atoms with Crippen LogP contribution in [0, 0.1) is 5.92 Å². The summed E-state index contributed by atoms with van der Waals surface area (Å²) in [5.41, 5.74) is 5.45. The quantitative estimate of drug-likeness (QED) is 0.259. The highest BCUT2D eigenvalue weighted by Gasteiger charge is 2.27. The fraction of sp³-hybridized carbons (Fsp3) is 0.800. The van der Waals surface area contributed by atoms with E-state index in [0.29, 0.717) is 6.42 Å². The molecule has 0 saturated heterocycles. The summed E-state index contributed by atoms with van der Waals surface area (Å²) in [7, 11) is 0. The first-order chi connectivity index (χ1) is 7.49. The van der Waals surface area contributed by atoms with E-state index in [1.807, 2.05) is 13.8 Å². The number of carbonyl (C=O) groups excluding carboxylic acids is 1.